The van der Waals surface area contributed by atoms with Gasteiger partial charge in [0.2, 0.25) is 0 Å². The number of ether oxygens (including phenoxy) is 2. The van der Waals surface area contributed by atoms with Gasteiger partial charge in [-0.25, -0.2) is 19.8 Å². The van der Waals surface area contributed by atoms with Crippen LogP contribution in [0.15, 0.2) is 53.2 Å². The molecule has 0 spiro atoms. The van der Waals surface area contributed by atoms with Gasteiger partial charge < -0.3 is 29.2 Å². The van der Waals surface area contributed by atoms with Crippen LogP contribution in [0, 0.1) is 17.7 Å². The van der Waals surface area contributed by atoms with E-state index in [1.54, 1.807) is 35.8 Å². The molecule has 0 saturated carbocycles. The molecule has 11 heteroatoms. The van der Waals surface area contributed by atoms with Crippen molar-refractivity contribution in [1.82, 2.24) is 15.4 Å². The maximum absolute atomic E-state index is 13.5. The second-order valence-electron chi connectivity index (χ2n) is 7.65. The second kappa shape index (κ2) is 14.5. The van der Waals surface area contributed by atoms with Crippen LogP contribution in [-0.4, -0.2) is 35.6 Å². The van der Waals surface area contributed by atoms with Crippen molar-refractivity contribution in [2.75, 3.05) is 19.5 Å². The number of anilines is 2. The normalized spacial score (nSPS) is 10.1. The summed E-state index contributed by atoms with van der Waals surface area (Å²) in [5.41, 5.74) is 2.93. The number of aldehydes is 1. The predicted molar refractivity (Wildman–Crippen MR) is 142 cm³/mol. The third-order valence-corrected chi connectivity index (χ3v) is 5.27. The van der Waals surface area contributed by atoms with Crippen LogP contribution in [0.1, 0.15) is 31.4 Å². The molecular weight excluding hydrogens is 515 g/mol. The summed E-state index contributed by atoms with van der Waals surface area (Å²) < 4.78 is 30.6. The van der Waals surface area contributed by atoms with Gasteiger partial charge in [0.05, 0.1) is 17.6 Å². The summed E-state index contributed by atoms with van der Waals surface area (Å²) in [5, 5.41) is 11.1. The number of nitrogens with zero attached hydrogens (tertiary/aromatic N) is 2. The number of halogens is 2. The highest BCUT2D eigenvalue weighted by atomic mass is 35.5. The molecule has 0 bridgehead atoms. The highest BCUT2D eigenvalue weighted by Gasteiger charge is 2.14. The first-order valence-corrected chi connectivity index (χ1v) is 11.9. The number of methoxy groups -OCH3 is 1. The zero-order valence-corrected chi connectivity index (χ0v) is 21.5. The van der Waals surface area contributed by atoms with Crippen molar-refractivity contribution >= 4 is 40.3 Å². The van der Waals surface area contributed by atoms with Crippen molar-refractivity contribution in [2.45, 2.75) is 25.7 Å². The minimum absolute atomic E-state index is 0.00302. The van der Waals surface area contributed by atoms with Gasteiger partial charge in [-0.3, -0.25) is 0 Å². The van der Waals surface area contributed by atoms with Gasteiger partial charge in [-0.15, -0.1) is 0 Å². The molecule has 0 radical (unpaired) electrons. The number of hydroxylamine groups is 1. The van der Waals surface area contributed by atoms with Crippen molar-refractivity contribution in [3.63, 3.8) is 0 Å². The molecule has 198 valence electrons. The van der Waals surface area contributed by atoms with Crippen molar-refractivity contribution in [3.8, 4) is 29.3 Å². The number of furan rings is 1. The molecule has 0 aliphatic heterocycles. The number of nitrogens with one attached hydrogen (secondary N) is 2. The quantitative estimate of drug-likeness (QED) is 0.0976. The maximum atomic E-state index is 13.5. The standard InChI is InChI=1S/C26H21ClFN3O4.CH5NO/c1-33-23-15-22-19(26(30-16-29-22)31-17-8-10-21(28)20(27)13-17)14-24(23)35-25-11-9-18(34-25)7-5-3-2-4-6-12-32;1-2-3/h8-16H,2-4,6H2,1H3,(H,29,30,31);2-3H,1H3. The van der Waals surface area contributed by atoms with Crippen LogP contribution >= 0.6 is 11.6 Å². The number of benzene rings is 2. The molecule has 2 aromatic carbocycles. The molecule has 0 aliphatic rings. The van der Waals surface area contributed by atoms with E-state index in [0.717, 1.165) is 19.1 Å². The maximum Gasteiger partial charge on any atom is 0.291 e. The average molecular weight is 541 g/mol. The van der Waals surface area contributed by atoms with E-state index in [1.165, 1.54) is 32.6 Å². The largest absolute Gasteiger partial charge is 0.493 e. The lowest BCUT2D eigenvalue weighted by molar-refractivity contribution is -0.107. The molecule has 9 nitrogen and oxygen atoms in total. The second-order valence-corrected chi connectivity index (χ2v) is 8.06. The Kier molecular flexibility index (Phi) is 10.9. The van der Waals surface area contributed by atoms with E-state index < -0.39 is 5.82 Å². The van der Waals surface area contributed by atoms with Crippen LogP contribution in [0.2, 0.25) is 5.02 Å². The Labute approximate surface area is 223 Å². The molecule has 0 unspecified atom stereocenters. The fourth-order valence-electron chi connectivity index (χ4n) is 3.25. The van der Waals surface area contributed by atoms with Gasteiger partial charge in [-0.1, -0.05) is 17.5 Å². The number of hydrogen-bond acceptors (Lipinski definition) is 9. The van der Waals surface area contributed by atoms with Gasteiger partial charge in [0, 0.05) is 43.1 Å². The molecule has 0 amide bonds. The minimum Gasteiger partial charge on any atom is -0.493 e. The van der Waals surface area contributed by atoms with Crippen LogP contribution in [0.25, 0.3) is 10.9 Å². The number of carbonyl (C=O) groups excluding carboxylic acids is 1. The fourth-order valence-corrected chi connectivity index (χ4v) is 3.44. The number of unbranched alkanes of at least 4 members (excludes halogenated alkanes) is 3. The molecule has 38 heavy (non-hydrogen) atoms. The first-order valence-electron chi connectivity index (χ1n) is 11.5. The number of carbonyl (C=O) groups is 1. The number of hydrogen-bond donors (Lipinski definition) is 3. The molecule has 0 fully saturated rings. The Morgan fingerprint density at radius 1 is 1.16 bits per heavy atom. The van der Waals surface area contributed by atoms with Crippen molar-refractivity contribution in [3.05, 3.63) is 65.4 Å². The zero-order valence-electron chi connectivity index (χ0n) is 20.8. The van der Waals surface area contributed by atoms with Crippen LogP contribution in [0.3, 0.4) is 0 Å². The van der Waals surface area contributed by atoms with E-state index in [0.29, 0.717) is 52.5 Å². The highest BCUT2D eigenvalue weighted by Crippen LogP contribution is 2.38. The Morgan fingerprint density at radius 3 is 2.71 bits per heavy atom. The van der Waals surface area contributed by atoms with E-state index >= 15 is 0 Å². The summed E-state index contributed by atoms with van der Waals surface area (Å²) in [6, 6.07) is 11.1. The lowest BCUT2D eigenvalue weighted by Gasteiger charge is -2.13. The SMILES string of the molecule is CNO.COc1cc2ncnc(Nc3ccc(F)c(Cl)c3)c2cc1Oc1ccc(C#CCCCCC=O)o1. The number of rotatable bonds is 9. The predicted octanol–water partition coefficient (Wildman–Crippen LogP) is 6.27. The van der Waals surface area contributed by atoms with E-state index in [-0.39, 0.29) is 11.0 Å². The van der Waals surface area contributed by atoms with Crippen molar-refractivity contribution in [1.29, 1.82) is 0 Å². The molecule has 3 N–H and O–H groups in total. The molecule has 0 atom stereocenters. The van der Waals surface area contributed by atoms with Gasteiger partial charge in [0.1, 0.15) is 24.2 Å². The Balaban J connectivity index is 0.00000127. The van der Waals surface area contributed by atoms with Crippen LogP contribution in [0.4, 0.5) is 15.9 Å². The molecule has 2 aromatic heterocycles. The first-order chi connectivity index (χ1) is 18.5. The van der Waals surface area contributed by atoms with E-state index in [9.17, 15) is 9.18 Å². The minimum atomic E-state index is -0.509. The summed E-state index contributed by atoms with van der Waals surface area (Å²) in [4.78, 5) is 19.0. The number of aromatic nitrogens is 2. The monoisotopic (exact) mass is 540 g/mol. The van der Waals surface area contributed by atoms with Crippen LogP contribution in [0.5, 0.6) is 17.4 Å². The fraction of sp³-hybridized carbons (Fsp3) is 0.222. The van der Waals surface area contributed by atoms with E-state index in [4.69, 9.17) is 30.7 Å². The van der Waals surface area contributed by atoms with Gasteiger partial charge in [-0.05, 0) is 49.1 Å². The Hall–Kier alpha value is -4.17. The molecular formula is C27H26ClFN4O5. The molecule has 0 saturated heterocycles. The molecule has 4 aromatic rings. The number of fused-ring (bicyclic) bond motifs is 1. The molecule has 0 aliphatic carbocycles. The van der Waals surface area contributed by atoms with Gasteiger partial charge in [0.25, 0.3) is 5.95 Å². The van der Waals surface area contributed by atoms with Gasteiger partial charge in [-0.2, -0.15) is 0 Å². The molecule has 4 rings (SSSR count). The summed E-state index contributed by atoms with van der Waals surface area (Å²) in [7, 11) is 2.96. The third kappa shape index (κ3) is 7.91. The summed E-state index contributed by atoms with van der Waals surface area (Å²) in [5.74, 6) is 7.48. The topological polar surface area (TPSA) is 119 Å². The third-order valence-electron chi connectivity index (χ3n) is 4.98. The molecule has 2 heterocycles. The van der Waals surface area contributed by atoms with Crippen LogP contribution < -0.4 is 20.3 Å². The zero-order chi connectivity index (χ0) is 27.3. The van der Waals surface area contributed by atoms with E-state index in [2.05, 4.69) is 27.1 Å². The lowest BCUT2D eigenvalue weighted by atomic mass is 10.2. The van der Waals surface area contributed by atoms with E-state index in [1.807, 2.05) is 0 Å². The highest BCUT2D eigenvalue weighted by molar-refractivity contribution is 6.31. The van der Waals surface area contributed by atoms with Crippen LogP contribution in [-0.2, 0) is 4.79 Å². The Morgan fingerprint density at radius 2 is 1.97 bits per heavy atom. The summed E-state index contributed by atoms with van der Waals surface area (Å²) in [6.45, 7) is 0. The summed E-state index contributed by atoms with van der Waals surface area (Å²) in [6.07, 6.45) is 5.22. The average Bonchev–Trinajstić information content (AvgIpc) is 3.36. The van der Waals surface area contributed by atoms with Crippen molar-refractivity contribution < 1.29 is 28.3 Å². The summed E-state index contributed by atoms with van der Waals surface area (Å²) >= 11 is 5.90. The lowest BCUT2D eigenvalue weighted by Crippen LogP contribution is -1.98. The smallest absolute Gasteiger partial charge is 0.291 e. The van der Waals surface area contributed by atoms with Gasteiger partial charge >= 0.3 is 0 Å². The van der Waals surface area contributed by atoms with Crippen molar-refractivity contribution in [2.24, 2.45) is 0 Å². The van der Waals surface area contributed by atoms with Gasteiger partial charge in [0.15, 0.2) is 17.3 Å². The Bertz CT molecular complexity index is 1430. The first kappa shape index (κ1) is 28.4.